The lowest BCUT2D eigenvalue weighted by molar-refractivity contribution is 0.186. The molecule has 1 unspecified atom stereocenters. The van der Waals surface area contributed by atoms with Crippen LogP contribution in [0.3, 0.4) is 0 Å². The van der Waals surface area contributed by atoms with Gasteiger partial charge in [-0.25, -0.2) is 4.99 Å². The van der Waals surface area contributed by atoms with Crippen LogP contribution in [-0.2, 0) is 11.3 Å². The molecule has 0 saturated carbocycles. The Morgan fingerprint density at radius 1 is 1.47 bits per heavy atom. The standard InChI is InChI=1S/C14H16N2O2S/c1-17-8-6-16-7-9-19-14(16)15-12-10-18-13-5-3-2-4-11(12)13/h2-5,7,9,12H,6,8,10H2,1H3. The van der Waals surface area contributed by atoms with Crippen molar-refractivity contribution < 1.29 is 9.47 Å². The van der Waals surface area contributed by atoms with Crippen molar-refractivity contribution in [1.82, 2.24) is 4.57 Å². The zero-order valence-electron chi connectivity index (χ0n) is 10.8. The van der Waals surface area contributed by atoms with Gasteiger partial charge in [0.15, 0.2) is 4.80 Å². The maximum Gasteiger partial charge on any atom is 0.185 e. The highest BCUT2D eigenvalue weighted by molar-refractivity contribution is 7.07. The van der Waals surface area contributed by atoms with E-state index in [0.29, 0.717) is 13.2 Å². The number of rotatable bonds is 4. The van der Waals surface area contributed by atoms with Crippen molar-refractivity contribution in [1.29, 1.82) is 0 Å². The van der Waals surface area contributed by atoms with Crippen molar-refractivity contribution >= 4 is 11.3 Å². The van der Waals surface area contributed by atoms with Gasteiger partial charge in [0.1, 0.15) is 18.4 Å². The molecule has 0 spiro atoms. The van der Waals surface area contributed by atoms with Gasteiger partial charge in [-0.3, -0.25) is 0 Å². The number of thiazole rings is 1. The number of methoxy groups -OCH3 is 1. The fourth-order valence-corrected chi connectivity index (χ4v) is 2.95. The highest BCUT2D eigenvalue weighted by Crippen LogP contribution is 2.33. The van der Waals surface area contributed by atoms with E-state index in [9.17, 15) is 0 Å². The van der Waals surface area contributed by atoms with E-state index in [-0.39, 0.29) is 6.04 Å². The highest BCUT2D eigenvalue weighted by Gasteiger charge is 2.22. The zero-order chi connectivity index (χ0) is 13.1. The van der Waals surface area contributed by atoms with Crippen LogP contribution in [0.2, 0.25) is 0 Å². The number of ether oxygens (including phenoxy) is 2. The summed E-state index contributed by atoms with van der Waals surface area (Å²) >= 11 is 1.65. The first-order chi connectivity index (χ1) is 9.38. The maximum absolute atomic E-state index is 5.66. The molecule has 1 atom stereocenters. The Hall–Kier alpha value is -1.59. The van der Waals surface area contributed by atoms with E-state index in [1.54, 1.807) is 18.4 Å². The lowest BCUT2D eigenvalue weighted by atomic mass is 10.1. The number of aromatic nitrogens is 1. The predicted octanol–water partition coefficient (Wildman–Crippen LogP) is 2.23. The van der Waals surface area contributed by atoms with Crippen molar-refractivity contribution in [3.05, 3.63) is 46.2 Å². The van der Waals surface area contributed by atoms with E-state index in [4.69, 9.17) is 14.5 Å². The summed E-state index contributed by atoms with van der Waals surface area (Å²) in [6.45, 7) is 2.15. The van der Waals surface area contributed by atoms with Crippen LogP contribution >= 0.6 is 11.3 Å². The minimum atomic E-state index is 0.101. The second-order valence-corrected chi connectivity index (χ2v) is 5.24. The molecular formula is C14H16N2O2S. The minimum Gasteiger partial charge on any atom is -0.491 e. The summed E-state index contributed by atoms with van der Waals surface area (Å²) in [7, 11) is 1.71. The third kappa shape index (κ3) is 2.57. The number of hydrogen-bond acceptors (Lipinski definition) is 4. The molecule has 19 heavy (non-hydrogen) atoms. The molecule has 0 radical (unpaired) electrons. The van der Waals surface area contributed by atoms with E-state index >= 15 is 0 Å². The Balaban J connectivity index is 1.89. The third-order valence-corrected chi connectivity index (χ3v) is 3.95. The van der Waals surface area contributed by atoms with E-state index in [2.05, 4.69) is 16.0 Å². The van der Waals surface area contributed by atoms with Gasteiger partial charge in [0.25, 0.3) is 0 Å². The number of hydrogen-bond donors (Lipinski definition) is 0. The second-order valence-electron chi connectivity index (χ2n) is 4.37. The average Bonchev–Trinajstić information content (AvgIpc) is 3.05. The van der Waals surface area contributed by atoms with Crippen molar-refractivity contribution in [3.63, 3.8) is 0 Å². The number of fused-ring (bicyclic) bond motifs is 1. The average molecular weight is 276 g/mol. The molecule has 5 heteroatoms. The van der Waals surface area contributed by atoms with Crippen LogP contribution < -0.4 is 9.54 Å². The Labute approximate surface area is 115 Å². The zero-order valence-corrected chi connectivity index (χ0v) is 11.6. The molecule has 2 heterocycles. The highest BCUT2D eigenvalue weighted by atomic mass is 32.1. The Morgan fingerprint density at radius 2 is 2.37 bits per heavy atom. The molecule has 0 N–H and O–H groups in total. The lowest BCUT2D eigenvalue weighted by Crippen LogP contribution is -2.18. The van der Waals surface area contributed by atoms with Crippen molar-refractivity contribution in [2.24, 2.45) is 4.99 Å². The van der Waals surface area contributed by atoms with Crippen LogP contribution in [0.5, 0.6) is 5.75 Å². The summed E-state index contributed by atoms with van der Waals surface area (Å²) in [4.78, 5) is 5.83. The molecule has 1 aliphatic heterocycles. The smallest absolute Gasteiger partial charge is 0.185 e. The molecule has 2 aromatic rings. The maximum atomic E-state index is 5.66. The normalized spacial score (nSPS) is 18.4. The molecule has 0 saturated heterocycles. The van der Waals surface area contributed by atoms with Crippen LogP contribution in [-0.4, -0.2) is 24.9 Å². The van der Waals surface area contributed by atoms with E-state index in [0.717, 1.165) is 17.1 Å². The number of para-hydroxylation sites is 1. The largest absolute Gasteiger partial charge is 0.491 e. The van der Waals surface area contributed by atoms with Gasteiger partial charge in [0.05, 0.1) is 6.61 Å². The van der Waals surface area contributed by atoms with Gasteiger partial charge in [0, 0.05) is 30.8 Å². The number of benzene rings is 1. The molecule has 3 rings (SSSR count). The second kappa shape index (κ2) is 5.59. The molecular weight excluding hydrogens is 260 g/mol. The van der Waals surface area contributed by atoms with Gasteiger partial charge < -0.3 is 14.0 Å². The molecule has 1 aromatic carbocycles. The quantitative estimate of drug-likeness (QED) is 0.858. The fraction of sp³-hybridized carbons (Fsp3) is 0.357. The summed E-state index contributed by atoms with van der Waals surface area (Å²) in [5, 5.41) is 2.05. The third-order valence-electron chi connectivity index (χ3n) is 3.14. The van der Waals surface area contributed by atoms with Gasteiger partial charge in [-0.05, 0) is 6.07 Å². The minimum absolute atomic E-state index is 0.101. The summed E-state index contributed by atoms with van der Waals surface area (Å²) < 4.78 is 12.9. The first-order valence-corrected chi connectivity index (χ1v) is 7.15. The van der Waals surface area contributed by atoms with Gasteiger partial charge in [0.2, 0.25) is 0 Å². The molecule has 1 aromatic heterocycles. The van der Waals surface area contributed by atoms with Crippen LogP contribution in [0.15, 0.2) is 40.8 Å². The monoisotopic (exact) mass is 276 g/mol. The molecule has 1 aliphatic rings. The van der Waals surface area contributed by atoms with Crippen LogP contribution in [0, 0.1) is 0 Å². The topological polar surface area (TPSA) is 35.8 Å². The Bertz CT molecular complexity index is 618. The summed E-state index contributed by atoms with van der Waals surface area (Å²) in [6.07, 6.45) is 2.05. The fourth-order valence-electron chi connectivity index (χ4n) is 2.15. The van der Waals surface area contributed by atoms with E-state index in [1.807, 2.05) is 24.4 Å². The van der Waals surface area contributed by atoms with E-state index in [1.165, 1.54) is 5.56 Å². The van der Waals surface area contributed by atoms with Gasteiger partial charge >= 0.3 is 0 Å². The summed E-state index contributed by atoms with van der Waals surface area (Å²) in [6, 6.07) is 8.21. The first kappa shape index (κ1) is 12.4. The molecule has 0 aliphatic carbocycles. The van der Waals surface area contributed by atoms with E-state index < -0.39 is 0 Å². The number of nitrogens with zero attached hydrogens (tertiary/aromatic N) is 2. The van der Waals surface area contributed by atoms with Crippen molar-refractivity contribution in [3.8, 4) is 5.75 Å². The van der Waals surface area contributed by atoms with Crippen LogP contribution in [0.1, 0.15) is 11.6 Å². The molecule has 100 valence electrons. The molecule has 0 amide bonds. The summed E-state index contributed by atoms with van der Waals surface area (Å²) in [5.74, 6) is 0.955. The molecule has 0 fully saturated rings. The van der Waals surface area contributed by atoms with Crippen molar-refractivity contribution in [2.45, 2.75) is 12.6 Å². The van der Waals surface area contributed by atoms with Gasteiger partial charge in [-0.2, -0.15) is 0 Å². The Kier molecular flexibility index (Phi) is 3.66. The van der Waals surface area contributed by atoms with Gasteiger partial charge in [-0.15, -0.1) is 11.3 Å². The van der Waals surface area contributed by atoms with Gasteiger partial charge in [-0.1, -0.05) is 18.2 Å². The SMILES string of the molecule is COCCn1ccsc1=NC1COc2ccccc21. The Morgan fingerprint density at radius 3 is 3.26 bits per heavy atom. The molecule has 4 nitrogen and oxygen atoms in total. The predicted molar refractivity (Wildman–Crippen MR) is 74.4 cm³/mol. The van der Waals surface area contributed by atoms with Crippen LogP contribution in [0.25, 0.3) is 0 Å². The molecule has 0 bridgehead atoms. The lowest BCUT2D eigenvalue weighted by Gasteiger charge is -2.04. The summed E-state index contributed by atoms with van der Waals surface area (Å²) in [5.41, 5.74) is 1.18. The first-order valence-electron chi connectivity index (χ1n) is 6.27. The van der Waals surface area contributed by atoms with Crippen molar-refractivity contribution in [2.75, 3.05) is 20.3 Å². The van der Waals surface area contributed by atoms with Crippen LogP contribution in [0.4, 0.5) is 0 Å².